The van der Waals surface area contributed by atoms with E-state index in [4.69, 9.17) is 16.3 Å². The Morgan fingerprint density at radius 3 is 2.37 bits per heavy atom. The molecule has 1 fully saturated rings. The highest BCUT2D eigenvalue weighted by Crippen LogP contribution is 2.27. The van der Waals surface area contributed by atoms with E-state index in [1.807, 2.05) is 4.90 Å². The molecule has 1 aliphatic rings. The number of pyridine rings is 1. The zero-order valence-electron chi connectivity index (χ0n) is 17.1. The number of carbonyl (C=O) groups is 1. The lowest BCUT2D eigenvalue weighted by atomic mass is 10.2. The number of hydrogen-bond acceptors (Lipinski definition) is 7. The Balaban J connectivity index is 1.81. The molecule has 2 N–H and O–H groups in total. The van der Waals surface area contributed by atoms with Crippen LogP contribution in [-0.4, -0.2) is 51.3 Å². The number of amides is 1. The highest BCUT2D eigenvalue weighted by molar-refractivity contribution is 7.91. The summed E-state index contributed by atoms with van der Waals surface area (Å²) in [6.07, 6.45) is -0.611. The van der Waals surface area contributed by atoms with Gasteiger partial charge in [-0.15, -0.1) is 0 Å². The molecular weight excluding hydrogens is 428 g/mol. The summed E-state index contributed by atoms with van der Waals surface area (Å²) in [5, 5.41) is 5.94. The molecule has 1 aliphatic heterocycles. The van der Waals surface area contributed by atoms with Gasteiger partial charge in [0.15, 0.2) is 0 Å². The number of rotatable bonds is 4. The van der Waals surface area contributed by atoms with E-state index in [1.165, 1.54) is 30.3 Å². The fraction of sp³-hybridized carbons (Fsp3) is 0.400. The molecular formula is C20H25ClN4O4S. The van der Waals surface area contributed by atoms with Crippen molar-refractivity contribution in [1.82, 2.24) is 10.3 Å². The van der Waals surface area contributed by atoms with Gasteiger partial charge in [0, 0.05) is 31.9 Å². The molecule has 0 unspecified atom stereocenters. The first-order valence-electron chi connectivity index (χ1n) is 9.53. The molecule has 0 bridgehead atoms. The van der Waals surface area contributed by atoms with Crippen LogP contribution in [0.2, 0.25) is 5.15 Å². The average molecular weight is 453 g/mol. The van der Waals surface area contributed by atoms with E-state index in [9.17, 15) is 13.2 Å². The van der Waals surface area contributed by atoms with Crippen molar-refractivity contribution in [2.75, 3.05) is 36.4 Å². The molecule has 8 nitrogen and oxygen atoms in total. The summed E-state index contributed by atoms with van der Waals surface area (Å²) in [7, 11) is -3.81. The molecule has 0 atom stereocenters. The predicted octanol–water partition coefficient (Wildman–Crippen LogP) is 3.32. The van der Waals surface area contributed by atoms with Gasteiger partial charge in [0.05, 0.1) is 9.79 Å². The van der Waals surface area contributed by atoms with Crippen LogP contribution in [0.1, 0.15) is 20.8 Å². The van der Waals surface area contributed by atoms with Crippen LogP contribution in [0.15, 0.2) is 46.2 Å². The van der Waals surface area contributed by atoms with Crippen molar-refractivity contribution >= 4 is 39.0 Å². The van der Waals surface area contributed by atoms with Crippen LogP contribution in [0.3, 0.4) is 0 Å². The quantitative estimate of drug-likeness (QED) is 0.686. The minimum Gasteiger partial charge on any atom is -0.444 e. The van der Waals surface area contributed by atoms with Gasteiger partial charge in [0.25, 0.3) is 0 Å². The number of piperazine rings is 1. The highest BCUT2D eigenvalue weighted by atomic mass is 35.5. The molecule has 0 radical (unpaired) electrons. The molecule has 162 valence electrons. The van der Waals surface area contributed by atoms with Crippen molar-refractivity contribution < 1.29 is 17.9 Å². The molecule has 2 aromatic rings. The zero-order valence-corrected chi connectivity index (χ0v) is 18.7. The topological polar surface area (TPSA) is 101 Å². The molecule has 0 spiro atoms. The van der Waals surface area contributed by atoms with E-state index in [0.717, 1.165) is 26.2 Å². The van der Waals surface area contributed by atoms with Crippen LogP contribution in [0.4, 0.5) is 16.3 Å². The summed E-state index contributed by atoms with van der Waals surface area (Å²) in [5.41, 5.74) is -0.201. The minimum atomic E-state index is -3.81. The van der Waals surface area contributed by atoms with Crippen LogP contribution >= 0.6 is 11.6 Å². The summed E-state index contributed by atoms with van der Waals surface area (Å²) in [5.74, 6) is 0.533. The Kier molecular flexibility index (Phi) is 6.54. The monoisotopic (exact) mass is 452 g/mol. The van der Waals surface area contributed by atoms with Crippen LogP contribution in [-0.2, 0) is 14.6 Å². The lowest BCUT2D eigenvalue weighted by molar-refractivity contribution is 0.0636. The number of benzene rings is 1. The second-order valence-electron chi connectivity index (χ2n) is 7.88. The van der Waals surface area contributed by atoms with Crippen LogP contribution in [0, 0.1) is 0 Å². The minimum absolute atomic E-state index is 0.0730. The van der Waals surface area contributed by atoms with Gasteiger partial charge in [-0.25, -0.2) is 18.2 Å². The van der Waals surface area contributed by atoms with Crippen molar-refractivity contribution in [2.24, 2.45) is 0 Å². The van der Waals surface area contributed by atoms with Crippen molar-refractivity contribution in [3.63, 3.8) is 0 Å². The van der Waals surface area contributed by atoms with Gasteiger partial charge in [-0.1, -0.05) is 11.6 Å². The van der Waals surface area contributed by atoms with E-state index in [0.29, 0.717) is 11.5 Å². The predicted molar refractivity (Wildman–Crippen MR) is 116 cm³/mol. The maximum atomic E-state index is 13.1. The first-order valence-corrected chi connectivity index (χ1v) is 11.4. The van der Waals surface area contributed by atoms with Crippen molar-refractivity contribution in [3.8, 4) is 0 Å². The molecule has 30 heavy (non-hydrogen) atoms. The van der Waals surface area contributed by atoms with E-state index in [-0.39, 0.29) is 14.9 Å². The molecule has 1 saturated heterocycles. The maximum Gasteiger partial charge on any atom is 0.412 e. The van der Waals surface area contributed by atoms with Gasteiger partial charge < -0.3 is 15.0 Å². The molecule has 3 rings (SSSR count). The largest absolute Gasteiger partial charge is 0.444 e. The Hall–Kier alpha value is -2.36. The van der Waals surface area contributed by atoms with Gasteiger partial charge in [0.2, 0.25) is 9.84 Å². The van der Waals surface area contributed by atoms with Crippen molar-refractivity contribution in [1.29, 1.82) is 0 Å². The molecule has 1 aromatic carbocycles. The summed E-state index contributed by atoms with van der Waals surface area (Å²) in [6.45, 7) is 8.31. The average Bonchev–Trinajstić information content (AvgIpc) is 2.67. The summed E-state index contributed by atoms with van der Waals surface area (Å²) >= 11 is 6.12. The van der Waals surface area contributed by atoms with Gasteiger partial charge in [-0.3, -0.25) is 5.32 Å². The zero-order chi connectivity index (χ0) is 21.9. The normalized spacial score (nSPS) is 15.0. The lowest BCUT2D eigenvalue weighted by Gasteiger charge is -2.28. The number of nitrogens with one attached hydrogen (secondary N) is 2. The van der Waals surface area contributed by atoms with Crippen LogP contribution in [0.5, 0.6) is 0 Å². The molecule has 0 saturated carbocycles. The summed E-state index contributed by atoms with van der Waals surface area (Å²) in [6, 6.07) is 8.77. The fourth-order valence-electron chi connectivity index (χ4n) is 2.95. The third kappa shape index (κ3) is 5.62. The number of aromatic nitrogens is 1. The highest BCUT2D eigenvalue weighted by Gasteiger charge is 2.22. The SMILES string of the molecule is CC(C)(C)OC(=O)Nc1ccc(S(=O)(=O)c2cc(Cl)nc(N3CCNCC3)c2)cc1. The van der Waals surface area contributed by atoms with E-state index in [2.05, 4.69) is 15.6 Å². The van der Waals surface area contributed by atoms with Gasteiger partial charge in [-0.05, 0) is 57.2 Å². The van der Waals surface area contributed by atoms with Crippen LogP contribution < -0.4 is 15.5 Å². The number of nitrogens with zero attached hydrogens (tertiary/aromatic N) is 2. The molecule has 10 heteroatoms. The second-order valence-corrected chi connectivity index (χ2v) is 10.2. The van der Waals surface area contributed by atoms with Crippen molar-refractivity contribution in [2.45, 2.75) is 36.2 Å². The molecule has 1 amide bonds. The first-order chi connectivity index (χ1) is 14.0. The Labute approximate surface area is 181 Å². The van der Waals surface area contributed by atoms with Crippen LogP contribution in [0.25, 0.3) is 0 Å². The maximum absolute atomic E-state index is 13.1. The lowest BCUT2D eigenvalue weighted by Crippen LogP contribution is -2.43. The van der Waals surface area contributed by atoms with Gasteiger partial charge in [0.1, 0.15) is 16.6 Å². The van der Waals surface area contributed by atoms with E-state index in [1.54, 1.807) is 26.8 Å². The second kappa shape index (κ2) is 8.79. The number of carbonyl (C=O) groups excluding carboxylic acids is 1. The number of hydrogen-bond donors (Lipinski definition) is 2. The van der Waals surface area contributed by atoms with E-state index < -0.39 is 21.5 Å². The summed E-state index contributed by atoms with van der Waals surface area (Å²) in [4.78, 5) is 18.3. The molecule has 1 aromatic heterocycles. The number of sulfone groups is 1. The Morgan fingerprint density at radius 1 is 1.13 bits per heavy atom. The summed E-state index contributed by atoms with van der Waals surface area (Å²) < 4.78 is 31.4. The third-order valence-electron chi connectivity index (χ3n) is 4.32. The number of anilines is 2. The number of ether oxygens (including phenoxy) is 1. The van der Waals surface area contributed by atoms with Gasteiger partial charge >= 0.3 is 6.09 Å². The van der Waals surface area contributed by atoms with Gasteiger partial charge in [-0.2, -0.15) is 0 Å². The fourth-order valence-corrected chi connectivity index (χ4v) is 4.51. The smallest absolute Gasteiger partial charge is 0.412 e. The molecule has 0 aliphatic carbocycles. The molecule has 2 heterocycles. The number of halogens is 1. The van der Waals surface area contributed by atoms with E-state index >= 15 is 0 Å². The standard InChI is InChI=1S/C20H25ClN4O4S/c1-20(2,3)29-19(26)23-14-4-6-15(7-5-14)30(27,28)16-12-17(21)24-18(13-16)25-10-8-22-9-11-25/h4-7,12-13,22H,8-11H2,1-3H3,(H,23,26). The first kappa shape index (κ1) is 22.3. The Morgan fingerprint density at radius 2 is 1.77 bits per heavy atom. The van der Waals surface area contributed by atoms with Crippen molar-refractivity contribution in [3.05, 3.63) is 41.6 Å². The Bertz CT molecular complexity index is 1010. The third-order valence-corrected chi connectivity index (χ3v) is 6.26.